The Bertz CT molecular complexity index is 322. The van der Waals surface area contributed by atoms with Gasteiger partial charge in [0.25, 0.3) is 0 Å². The van der Waals surface area contributed by atoms with Gasteiger partial charge in [-0.3, -0.25) is 0 Å². The normalized spacial score (nSPS) is 9.73. The van der Waals surface area contributed by atoms with E-state index in [1.54, 1.807) is 24.3 Å². The van der Waals surface area contributed by atoms with E-state index in [1.807, 2.05) is 0 Å². The van der Waals surface area contributed by atoms with Crippen molar-refractivity contribution < 1.29 is 19.4 Å². The molecule has 0 amide bonds. The van der Waals surface area contributed by atoms with Crippen molar-refractivity contribution in [2.24, 2.45) is 0 Å². The molecule has 0 unspecified atom stereocenters. The van der Waals surface area contributed by atoms with Crippen LogP contribution < -0.4 is 4.74 Å². The van der Waals surface area contributed by atoms with Crippen molar-refractivity contribution in [3.63, 3.8) is 0 Å². The van der Waals surface area contributed by atoms with Gasteiger partial charge in [0.15, 0.2) is 0 Å². The summed E-state index contributed by atoms with van der Waals surface area (Å²) in [6, 6.07) is 6.75. The lowest BCUT2D eigenvalue weighted by Crippen LogP contribution is -2.03. The van der Waals surface area contributed by atoms with E-state index in [9.17, 15) is 4.79 Å². The fourth-order valence-corrected chi connectivity index (χ4v) is 1.09. The summed E-state index contributed by atoms with van der Waals surface area (Å²) in [5.74, 6) is 0.217. The number of carbonyl (C=O) groups excluding carboxylic acids is 1. The molecule has 0 heterocycles. The van der Waals surface area contributed by atoms with Gasteiger partial charge in [-0.2, -0.15) is 0 Å². The van der Waals surface area contributed by atoms with Crippen molar-refractivity contribution in [1.29, 1.82) is 0 Å². The predicted molar refractivity (Wildman–Crippen MR) is 55.0 cm³/mol. The summed E-state index contributed by atoms with van der Waals surface area (Å²) in [5, 5.41) is 8.57. The average Bonchev–Trinajstić information content (AvgIpc) is 2.29. The molecule has 1 aromatic rings. The Morgan fingerprint density at radius 3 is 2.93 bits per heavy atom. The summed E-state index contributed by atoms with van der Waals surface area (Å²) in [5.41, 5.74) is 0.457. The molecule has 0 saturated carbocycles. The van der Waals surface area contributed by atoms with Gasteiger partial charge < -0.3 is 14.6 Å². The number of aliphatic hydroxyl groups excluding tert-OH is 1. The minimum Gasteiger partial charge on any atom is -0.493 e. The van der Waals surface area contributed by atoms with E-state index in [-0.39, 0.29) is 12.6 Å². The van der Waals surface area contributed by atoms with Gasteiger partial charge in [0.2, 0.25) is 0 Å². The Balaban J connectivity index is 2.62. The number of carbonyl (C=O) groups is 1. The highest BCUT2D eigenvalue weighted by Gasteiger charge is 2.05. The van der Waals surface area contributed by atoms with Gasteiger partial charge in [-0.15, -0.1) is 0 Å². The molecule has 4 heteroatoms. The molecule has 82 valence electrons. The van der Waals surface area contributed by atoms with Crippen LogP contribution in [0.25, 0.3) is 0 Å². The van der Waals surface area contributed by atoms with Crippen LogP contribution in [0.2, 0.25) is 0 Å². The first-order chi connectivity index (χ1) is 7.27. The molecule has 0 aliphatic heterocycles. The molecule has 0 spiro atoms. The van der Waals surface area contributed by atoms with E-state index in [1.165, 1.54) is 7.11 Å². The first kappa shape index (κ1) is 11.5. The number of ether oxygens (including phenoxy) is 2. The van der Waals surface area contributed by atoms with E-state index in [2.05, 4.69) is 4.74 Å². The minimum absolute atomic E-state index is 0.0939. The quantitative estimate of drug-likeness (QED) is 0.586. The third kappa shape index (κ3) is 3.59. The lowest BCUT2D eigenvalue weighted by molar-refractivity contribution is 0.0600. The van der Waals surface area contributed by atoms with Crippen LogP contribution in [0.15, 0.2) is 24.3 Å². The van der Waals surface area contributed by atoms with E-state index in [0.29, 0.717) is 24.3 Å². The van der Waals surface area contributed by atoms with Crippen LogP contribution in [0.3, 0.4) is 0 Å². The molecule has 1 rings (SSSR count). The third-order valence-electron chi connectivity index (χ3n) is 1.83. The minimum atomic E-state index is -0.386. The highest BCUT2D eigenvalue weighted by Crippen LogP contribution is 2.14. The number of aliphatic hydroxyl groups is 1. The molecule has 1 aromatic carbocycles. The van der Waals surface area contributed by atoms with Crippen molar-refractivity contribution in [2.45, 2.75) is 6.42 Å². The first-order valence-corrected chi connectivity index (χ1v) is 4.70. The monoisotopic (exact) mass is 210 g/mol. The smallest absolute Gasteiger partial charge is 0.337 e. The zero-order valence-electron chi connectivity index (χ0n) is 8.60. The Morgan fingerprint density at radius 2 is 2.27 bits per heavy atom. The van der Waals surface area contributed by atoms with Crippen LogP contribution >= 0.6 is 0 Å². The number of hydrogen-bond donors (Lipinski definition) is 1. The highest BCUT2D eigenvalue weighted by molar-refractivity contribution is 5.89. The maximum absolute atomic E-state index is 11.2. The summed E-state index contributed by atoms with van der Waals surface area (Å²) < 4.78 is 9.90. The fraction of sp³-hybridized carbons (Fsp3) is 0.364. The molecular formula is C11H14O4. The molecule has 4 nitrogen and oxygen atoms in total. The molecule has 0 bridgehead atoms. The molecule has 0 fully saturated rings. The number of benzene rings is 1. The summed E-state index contributed by atoms with van der Waals surface area (Å²) in [6.45, 7) is 0.526. The van der Waals surface area contributed by atoms with Crippen LogP contribution in [0.4, 0.5) is 0 Å². The molecule has 1 N–H and O–H groups in total. The molecule has 0 aromatic heterocycles. The SMILES string of the molecule is COC(=O)c1cccc(OCCCO)c1. The molecular weight excluding hydrogens is 196 g/mol. The molecule has 0 aliphatic rings. The largest absolute Gasteiger partial charge is 0.493 e. The van der Waals surface area contributed by atoms with Crippen LogP contribution in [-0.2, 0) is 4.74 Å². The number of rotatable bonds is 5. The average molecular weight is 210 g/mol. The molecule has 0 saturated heterocycles. The second kappa shape index (κ2) is 6.03. The molecule has 0 radical (unpaired) electrons. The van der Waals surface area contributed by atoms with Gasteiger partial charge in [0, 0.05) is 13.0 Å². The summed E-state index contributed by atoms with van der Waals surface area (Å²) >= 11 is 0. The van der Waals surface area contributed by atoms with Crippen molar-refractivity contribution in [3.8, 4) is 5.75 Å². The van der Waals surface area contributed by atoms with Crippen molar-refractivity contribution >= 4 is 5.97 Å². The summed E-state index contributed by atoms with van der Waals surface area (Å²) in [7, 11) is 1.33. The summed E-state index contributed by atoms with van der Waals surface area (Å²) in [6.07, 6.45) is 0.572. The molecule has 15 heavy (non-hydrogen) atoms. The van der Waals surface area contributed by atoms with Gasteiger partial charge in [0.1, 0.15) is 5.75 Å². The Labute approximate surface area is 88.4 Å². The van der Waals surface area contributed by atoms with E-state index in [4.69, 9.17) is 9.84 Å². The topological polar surface area (TPSA) is 55.8 Å². The van der Waals surface area contributed by atoms with Gasteiger partial charge in [-0.05, 0) is 18.2 Å². The number of hydrogen-bond acceptors (Lipinski definition) is 4. The van der Waals surface area contributed by atoms with E-state index >= 15 is 0 Å². The maximum atomic E-state index is 11.2. The van der Waals surface area contributed by atoms with Gasteiger partial charge in [0.05, 0.1) is 19.3 Å². The van der Waals surface area contributed by atoms with Gasteiger partial charge in [-0.25, -0.2) is 4.79 Å². The number of methoxy groups -OCH3 is 1. The maximum Gasteiger partial charge on any atom is 0.337 e. The standard InChI is InChI=1S/C11H14O4/c1-14-11(13)9-4-2-5-10(8-9)15-7-3-6-12/h2,4-5,8,12H,3,6-7H2,1H3. The first-order valence-electron chi connectivity index (χ1n) is 4.70. The van der Waals surface area contributed by atoms with Crippen LogP contribution in [-0.4, -0.2) is 31.4 Å². The Hall–Kier alpha value is -1.55. The van der Waals surface area contributed by atoms with Crippen LogP contribution in [0.5, 0.6) is 5.75 Å². The van der Waals surface area contributed by atoms with Crippen molar-refractivity contribution in [2.75, 3.05) is 20.3 Å². The van der Waals surface area contributed by atoms with E-state index < -0.39 is 0 Å². The van der Waals surface area contributed by atoms with Crippen LogP contribution in [0, 0.1) is 0 Å². The Morgan fingerprint density at radius 1 is 1.47 bits per heavy atom. The molecule has 0 atom stereocenters. The highest BCUT2D eigenvalue weighted by atomic mass is 16.5. The third-order valence-corrected chi connectivity index (χ3v) is 1.83. The number of esters is 1. The Kier molecular flexibility index (Phi) is 4.63. The zero-order valence-corrected chi connectivity index (χ0v) is 8.60. The zero-order chi connectivity index (χ0) is 11.1. The molecule has 0 aliphatic carbocycles. The van der Waals surface area contributed by atoms with E-state index in [0.717, 1.165) is 0 Å². The fourth-order valence-electron chi connectivity index (χ4n) is 1.09. The second-order valence-corrected chi connectivity index (χ2v) is 2.95. The summed E-state index contributed by atoms with van der Waals surface area (Å²) in [4.78, 5) is 11.2. The lowest BCUT2D eigenvalue weighted by atomic mass is 10.2. The lowest BCUT2D eigenvalue weighted by Gasteiger charge is -2.06. The van der Waals surface area contributed by atoms with Gasteiger partial charge >= 0.3 is 5.97 Å². The predicted octanol–water partition coefficient (Wildman–Crippen LogP) is 1.23. The second-order valence-electron chi connectivity index (χ2n) is 2.95. The van der Waals surface area contributed by atoms with Gasteiger partial charge in [-0.1, -0.05) is 6.07 Å². The van der Waals surface area contributed by atoms with Crippen molar-refractivity contribution in [1.82, 2.24) is 0 Å². The van der Waals surface area contributed by atoms with Crippen LogP contribution in [0.1, 0.15) is 16.8 Å². The van der Waals surface area contributed by atoms with Crippen molar-refractivity contribution in [3.05, 3.63) is 29.8 Å².